The molecule has 0 radical (unpaired) electrons. The molecule has 1 atom stereocenters. The van der Waals surface area contributed by atoms with Crippen LogP contribution < -0.4 is 0 Å². The average molecular weight is 303 g/mol. The fourth-order valence-corrected chi connectivity index (χ4v) is 2.20. The van der Waals surface area contributed by atoms with Crippen molar-refractivity contribution in [2.45, 2.75) is 32.4 Å². The van der Waals surface area contributed by atoms with Gasteiger partial charge in [0.15, 0.2) is 0 Å². The first kappa shape index (κ1) is 15.9. The molecule has 19 heavy (non-hydrogen) atoms. The van der Waals surface area contributed by atoms with Gasteiger partial charge < -0.3 is 4.55 Å². The van der Waals surface area contributed by atoms with E-state index in [0.29, 0.717) is 11.3 Å². The van der Waals surface area contributed by atoms with Gasteiger partial charge in [0, 0.05) is 11.6 Å². The minimum Gasteiger partial charge on any atom is -0.591 e. The number of nitro groups is 1. The Bertz CT molecular complexity index is 526. The summed E-state index contributed by atoms with van der Waals surface area (Å²) in [6.07, 6.45) is 0. The van der Waals surface area contributed by atoms with Crippen LogP contribution in [0.3, 0.4) is 0 Å². The van der Waals surface area contributed by atoms with Crippen molar-refractivity contribution >= 4 is 34.4 Å². The van der Waals surface area contributed by atoms with Crippen molar-refractivity contribution in [2.24, 2.45) is 4.40 Å². The molecule has 0 bridgehead atoms. The highest BCUT2D eigenvalue weighted by Gasteiger charge is 2.27. The van der Waals surface area contributed by atoms with Gasteiger partial charge in [0.1, 0.15) is 21.1 Å². The first-order valence-electron chi connectivity index (χ1n) is 5.55. The number of benzene rings is 1. The molecule has 0 aliphatic carbocycles. The van der Waals surface area contributed by atoms with Crippen LogP contribution in [0.2, 0.25) is 5.02 Å². The lowest BCUT2D eigenvalue weighted by molar-refractivity contribution is -0.384. The normalized spacial score (nSPS) is 14.3. The van der Waals surface area contributed by atoms with Gasteiger partial charge in [-0.15, -0.1) is 0 Å². The van der Waals surface area contributed by atoms with Crippen LogP contribution in [0.1, 0.15) is 33.3 Å². The molecule has 1 aromatic carbocycles. The predicted molar refractivity (Wildman–Crippen MR) is 78.2 cm³/mol. The van der Waals surface area contributed by atoms with Gasteiger partial charge in [0.05, 0.1) is 10.6 Å². The van der Waals surface area contributed by atoms with Crippen LogP contribution in [0.25, 0.3) is 0 Å². The van der Waals surface area contributed by atoms with Gasteiger partial charge in [0.25, 0.3) is 5.69 Å². The molecule has 0 heterocycles. The van der Waals surface area contributed by atoms with E-state index >= 15 is 0 Å². The van der Waals surface area contributed by atoms with Gasteiger partial charge in [-0.25, -0.2) is 0 Å². The fraction of sp³-hybridized carbons (Fsp3) is 0.417. The first-order valence-corrected chi connectivity index (χ1v) is 7.03. The van der Waals surface area contributed by atoms with E-state index in [-0.39, 0.29) is 10.7 Å². The molecule has 0 unspecified atom stereocenters. The monoisotopic (exact) mass is 302 g/mol. The largest absolute Gasteiger partial charge is 0.591 e. The van der Waals surface area contributed by atoms with E-state index in [4.69, 9.17) is 11.6 Å². The number of hydrogen-bond donors (Lipinski definition) is 0. The number of hydrogen-bond acceptors (Lipinski definition) is 4. The van der Waals surface area contributed by atoms with E-state index < -0.39 is 21.0 Å². The lowest BCUT2D eigenvalue weighted by atomic mass is 10.1. The zero-order valence-corrected chi connectivity index (χ0v) is 12.7. The fourth-order valence-electron chi connectivity index (χ4n) is 1.25. The van der Waals surface area contributed by atoms with Gasteiger partial charge >= 0.3 is 0 Å². The molecule has 0 spiro atoms. The molecule has 1 aromatic rings. The maximum Gasteiger partial charge on any atom is 0.288 e. The maximum absolute atomic E-state index is 11.9. The summed E-state index contributed by atoms with van der Waals surface area (Å²) in [5.74, 6) is 0. The van der Waals surface area contributed by atoms with Crippen molar-refractivity contribution in [3.8, 4) is 0 Å². The second kappa shape index (κ2) is 5.90. The second-order valence-electron chi connectivity index (χ2n) is 4.93. The standard InChI is InChI=1S/C12H15ClN2O3S/c1-8(14-19(18)12(2,3)4)9-6-5-7-10(11(9)13)15(16)17/h5-7H,1-4H3/t19-/m1/s1. The molecule has 1 rings (SSSR count). The van der Waals surface area contributed by atoms with Crippen LogP contribution in [0.5, 0.6) is 0 Å². The summed E-state index contributed by atoms with van der Waals surface area (Å²) in [7, 11) is 0. The minimum atomic E-state index is -1.43. The van der Waals surface area contributed by atoms with E-state index in [1.54, 1.807) is 33.8 Å². The predicted octanol–water partition coefficient (Wildman–Crippen LogP) is 3.52. The van der Waals surface area contributed by atoms with Crippen molar-refractivity contribution in [2.75, 3.05) is 0 Å². The Kier molecular flexibility index (Phi) is 4.95. The summed E-state index contributed by atoms with van der Waals surface area (Å²) in [4.78, 5) is 10.2. The topological polar surface area (TPSA) is 78.6 Å². The zero-order chi connectivity index (χ0) is 14.8. The van der Waals surface area contributed by atoms with Gasteiger partial charge in [-0.2, -0.15) is 0 Å². The van der Waals surface area contributed by atoms with Crippen molar-refractivity contribution in [1.82, 2.24) is 0 Å². The van der Waals surface area contributed by atoms with E-state index in [0.717, 1.165) is 0 Å². The van der Waals surface area contributed by atoms with Gasteiger partial charge in [-0.05, 0) is 27.7 Å². The van der Waals surface area contributed by atoms with E-state index in [2.05, 4.69) is 4.40 Å². The molecule has 0 saturated heterocycles. The van der Waals surface area contributed by atoms with Crippen LogP contribution in [0.4, 0.5) is 5.69 Å². The summed E-state index contributed by atoms with van der Waals surface area (Å²) < 4.78 is 15.5. The third-order valence-electron chi connectivity index (χ3n) is 2.31. The molecule has 0 amide bonds. The number of nitrogens with zero attached hydrogens (tertiary/aromatic N) is 2. The Morgan fingerprint density at radius 2 is 2.00 bits per heavy atom. The second-order valence-corrected chi connectivity index (χ2v) is 7.22. The summed E-state index contributed by atoms with van der Waals surface area (Å²) in [6, 6.07) is 4.46. The minimum absolute atomic E-state index is 0.0136. The van der Waals surface area contributed by atoms with E-state index in [9.17, 15) is 14.7 Å². The highest BCUT2D eigenvalue weighted by Crippen LogP contribution is 2.29. The van der Waals surface area contributed by atoms with Crippen molar-refractivity contribution in [3.05, 3.63) is 38.9 Å². The Morgan fingerprint density at radius 1 is 1.42 bits per heavy atom. The molecule has 0 fully saturated rings. The Morgan fingerprint density at radius 3 is 2.47 bits per heavy atom. The average Bonchev–Trinajstić information content (AvgIpc) is 2.27. The molecule has 7 heteroatoms. The zero-order valence-electron chi connectivity index (χ0n) is 11.1. The molecule has 0 saturated carbocycles. The summed E-state index contributed by atoms with van der Waals surface area (Å²) in [5.41, 5.74) is 0.658. The Balaban J connectivity index is 3.21. The van der Waals surface area contributed by atoms with Crippen LogP contribution in [0, 0.1) is 10.1 Å². The third-order valence-corrected chi connectivity index (χ3v) is 4.19. The molecule has 5 nitrogen and oxygen atoms in total. The van der Waals surface area contributed by atoms with E-state index in [1.165, 1.54) is 12.1 Å². The smallest absolute Gasteiger partial charge is 0.288 e. The highest BCUT2D eigenvalue weighted by atomic mass is 35.5. The lowest BCUT2D eigenvalue weighted by Crippen LogP contribution is -2.26. The van der Waals surface area contributed by atoms with Crippen molar-refractivity contribution in [3.63, 3.8) is 0 Å². The Labute approximate surface area is 120 Å². The third kappa shape index (κ3) is 3.92. The quantitative estimate of drug-likeness (QED) is 0.371. The van der Waals surface area contributed by atoms with E-state index in [1.807, 2.05) is 0 Å². The molecule has 0 aliphatic rings. The first-order chi connectivity index (χ1) is 8.64. The molecular weight excluding hydrogens is 288 g/mol. The molecular formula is C12H15ClN2O3S. The summed E-state index contributed by atoms with van der Waals surface area (Å²) in [5, 5.41) is 10.8. The molecule has 104 valence electrons. The maximum atomic E-state index is 11.9. The molecule has 0 aromatic heterocycles. The molecule has 0 N–H and O–H groups in total. The van der Waals surface area contributed by atoms with Gasteiger partial charge in [0.2, 0.25) is 0 Å². The van der Waals surface area contributed by atoms with Crippen LogP contribution in [0.15, 0.2) is 22.6 Å². The van der Waals surface area contributed by atoms with Crippen LogP contribution in [-0.2, 0) is 11.4 Å². The van der Waals surface area contributed by atoms with Gasteiger partial charge in [-0.3, -0.25) is 10.1 Å². The Hall–Kier alpha value is -1.11. The van der Waals surface area contributed by atoms with Crippen LogP contribution in [-0.4, -0.2) is 19.9 Å². The number of rotatable bonds is 3. The van der Waals surface area contributed by atoms with Gasteiger partial charge in [-0.1, -0.05) is 28.1 Å². The number of halogens is 1. The number of nitro benzene ring substituents is 1. The molecule has 0 aliphatic heterocycles. The van der Waals surface area contributed by atoms with Crippen molar-refractivity contribution in [1.29, 1.82) is 0 Å². The van der Waals surface area contributed by atoms with Crippen molar-refractivity contribution < 1.29 is 9.48 Å². The van der Waals surface area contributed by atoms with Crippen LogP contribution >= 0.6 is 11.6 Å². The summed E-state index contributed by atoms with van der Waals surface area (Å²) >= 11 is 4.54. The SMILES string of the molecule is CC(=N[S@+]([O-])C(C)(C)C)c1cccc([N+](=O)[O-])c1Cl. The highest BCUT2D eigenvalue weighted by molar-refractivity contribution is 7.91. The summed E-state index contributed by atoms with van der Waals surface area (Å²) in [6.45, 7) is 7.04. The lowest BCUT2D eigenvalue weighted by Gasteiger charge is -2.18.